The van der Waals surface area contributed by atoms with Gasteiger partial charge in [-0.15, -0.1) is 0 Å². The third kappa shape index (κ3) is 5.40. The molecule has 0 aliphatic carbocycles. The van der Waals surface area contributed by atoms with E-state index < -0.39 is 17.2 Å². The minimum Gasteiger partial charge on any atom is -0.497 e. The number of amides is 2. The number of carbonyl (C=O) groups excluding carboxylic acids is 2. The third-order valence-electron chi connectivity index (χ3n) is 6.27. The van der Waals surface area contributed by atoms with E-state index in [1.54, 1.807) is 61.7 Å². The number of amidine groups is 1. The topological polar surface area (TPSA) is 92.6 Å². The van der Waals surface area contributed by atoms with Gasteiger partial charge in [-0.3, -0.25) is 9.59 Å². The van der Waals surface area contributed by atoms with E-state index in [0.29, 0.717) is 34.3 Å². The van der Waals surface area contributed by atoms with E-state index in [4.69, 9.17) is 14.6 Å². The number of aliphatic imine (C=N–C) groups is 1. The quantitative estimate of drug-likeness (QED) is 0.459. The van der Waals surface area contributed by atoms with Crippen molar-refractivity contribution in [3.63, 3.8) is 0 Å². The maximum Gasteiger partial charge on any atom is 0.262 e. The molecule has 0 spiro atoms. The van der Waals surface area contributed by atoms with Gasteiger partial charge in [0.2, 0.25) is 5.91 Å². The number of anilines is 1. The molecule has 5 rings (SSSR count). The van der Waals surface area contributed by atoms with Gasteiger partial charge in [-0.25, -0.2) is 9.40 Å². The first-order valence-electron chi connectivity index (χ1n) is 11.9. The van der Waals surface area contributed by atoms with E-state index in [-0.39, 0.29) is 18.1 Å². The predicted molar refractivity (Wildman–Crippen MR) is 145 cm³/mol. The molecule has 8 nitrogen and oxygen atoms in total. The Labute approximate surface area is 223 Å². The smallest absolute Gasteiger partial charge is 0.262 e. The van der Waals surface area contributed by atoms with Crippen molar-refractivity contribution in [2.24, 2.45) is 10.1 Å². The second kappa shape index (κ2) is 11.1. The fraction of sp³-hybridized carbons (Fsp3) is 0.214. The minimum absolute atomic E-state index is 0.0597. The molecule has 38 heavy (non-hydrogen) atoms. The monoisotopic (exact) mass is 532 g/mol. The molecule has 0 radical (unpaired) electrons. The number of carbonyl (C=O) groups is 2. The highest BCUT2D eigenvalue weighted by molar-refractivity contribution is 8.15. The number of thioether (sulfide) groups is 1. The minimum atomic E-state index is -0.704. The Balaban J connectivity index is 1.34. The molecule has 0 bridgehead atoms. The fourth-order valence-corrected chi connectivity index (χ4v) is 5.35. The zero-order chi connectivity index (χ0) is 26.6. The average molecular weight is 533 g/mol. The molecule has 2 heterocycles. The molecule has 10 heteroatoms. The zero-order valence-corrected chi connectivity index (χ0v) is 21.6. The van der Waals surface area contributed by atoms with Gasteiger partial charge >= 0.3 is 0 Å². The second-order valence-electron chi connectivity index (χ2n) is 8.68. The second-order valence-corrected chi connectivity index (χ2v) is 9.85. The molecule has 0 unspecified atom stereocenters. The van der Waals surface area contributed by atoms with Crippen LogP contribution < -0.4 is 14.8 Å². The van der Waals surface area contributed by atoms with E-state index in [1.165, 1.54) is 6.07 Å². The summed E-state index contributed by atoms with van der Waals surface area (Å²) < 4.78 is 25.2. The molecule has 2 aliphatic heterocycles. The van der Waals surface area contributed by atoms with Gasteiger partial charge < -0.3 is 14.8 Å². The molecule has 0 fully saturated rings. The van der Waals surface area contributed by atoms with Crippen LogP contribution >= 0.6 is 11.8 Å². The molecule has 0 aromatic heterocycles. The number of hydrogen-bond acceptors (Lipinski definition) is 7. The average Bonchev–Trinajstić information content (AvgIpc) is 3.53. The lowest BCUT2D eigenvalue weighted by Gasteiger charge is -2.23. The van der Waals surface area contributed by atoms with Gasteiger partial charge in [-0.2, -0.15) is 10.1 Å². The molecular weight excluding hydrogens is 507 g/mol. The first-order valence-corrected chi connectivity index (χ1v) is 12.8. The van der Waals surface area contributed by atoms with Crippen LogP contribution in [0.5, 0.6) is 11.5 Å². The summed E-state index contributed by atoms with van der Waals surface area (Å²) in [5.41, 5.74) is 2.65. The highest BCUT2D eigenvalue weighted by Crippen LogP contribution is 2.39. The largest absolute Gasteiger partial charge is 0.497 e. The summed E-state index contributed by atoms with van der Waals surface area (Å²) in [4.78, 5) is 29.6. The Bertz CT molecular complexity index is 1410. The van der Waals surface area contributed by atoms with Crippen molar-refractivity contribution in [3.8, 4) is 11.5 Å². The normalized spacial score (nSPS) is 18.7. The molecule has 3 aromatic rings. The van der Waals surface area contributed by atoms with E-state index in [9.17, 15) is 14.0 Å². The number of hydrogen-bond donors (Lipinski definition) is 1. The van der Waals surface area contributed by atoms with E-state index in [2.05, 4.69) is 10.3 Å². The van der Waals surface area contributed by atoms with Crippen LogP contribution in [-0.4, -0.2) is 47.2 Å². The van der Waals surface area contributed by atoms with E-state index in [1.807, 2.05) is 24.3 Å². The van der Waals surface area contributed by atoms with Gasteiger partial charge in [-0.05, 0) is 60.2 Å². The molecule has 0 saturated heterocycles. The lowest BCUT2D eigenvalue weighted by atomic mass is 9.98. The van der Waals surface area contributed by atoms with Gasteiger partial charge in [0.1, 0.15) is 22.6 Å². The van der Waals surface area contributed by atoms with E-state index >= 15 is 0 Å². The molecule has 2 aliphatic rings. The number of ether oxygens (including phenoxy) is 2. The van der Waals surface area contributed by atoms with Crippen molar-refractivity contribution in [1.29, 1.82) is 0 Å². The number of nitrogens with zero attached hydrogens (tertiary/aromatic N) is 3. The van der Waals surface area contributed by atoms with Crippen molar-refractivity contribution >= 4 is 40.1 Å². The van der Waals surface area contributed by atoms with Crippen molar-refractivity contribution in [3.05, 3.63) is 89.7 Å². The lowest BCUT2D eigenvalue weighted by Crippen LogP contribution is -2.25. The standard InChI is InChI=1S/C28H25FN4O4S/c1-36-19-11-7-17(8-12-19)23-15-24(21-5-3-4-6-22(21)29)33(32-23)28-31-27(35)25(38-28)16-26(34)30-18-9-13-20(37-2)14-10-18/h3-14,24-25H,15-16H2,1-2H3,(H,30,34)/t24-,25-/m1/s1. The predicted octanol–water partition coefficient (Wildman–Crippen LogP) is 5.02. The zero-order valence-electron chi connectivity index (χ0n) is 20.8. The number of nitrogens with one attached hydrogen (secondary N) is 1. The Hall–Kier alpha value is -4.18. The maximum atomic E-state index is 14.8. The molecule has 194 valence electrons. The van der Waals surface area contributed by atoms with Gasteiger partial charge in [0, 0.05) is 24.1 Å². The van der Waals surface area contributed by atoms with Crippen LogP contribution in [0.15, 0.2) is 82.9 Å². The van der Waals surface area contributed by atoms with Crippen LogP contribution in [0.25, 0.3) is 0 Å². The van der Waals surface area contributed by atoms with Crippen LogP contribution in [-0.2, 0) is 9.59 Å². The highest BCUT2D eigenvalue weighted by atomic mass is 32.2. The van der Waals surface area contributed by atoms with Gasteiger partial charge in [0.15, 0.2) is 5.17 Å². The first kappa shape index (κ1) is 25.5. The van der Waals surface area contributed by atoms with Crippen LogP contribution in [0.4, 0.5) is 10.1 Å². The van der Waals surface area contributed by atoms with Gasteiger partial charge in [0.05, 0.1) is 26.0 Å². The van der Waals surface area contributed by atoms with Crippen LogP contribution in [0.2, 0.25) is 0 Å². The van der Waals surface area contributed by atoms with Crippen molar-refractivity contribution < 1.29 is 23.5 Å². The van der Waals surface area contributed by atoms with Crippen molar-refractivity contribution in [2.75, 3.05) is 19.5 Å². The number of rotatable bonds is 7. The summed E-state index contributed by atoms with van der Waals surface area (Å²) in [6, 6.07) is 20.4. The van der Waals surface area contributed by atoms with Crippen molar-refractivity contribution in [2.45, 2.75) is 24.1 Å². The van der Waals surface area contributed by atoms with Gasteiger partial charge in [0.25, 0.3) is 5.91 Å². The van der Waals surface area contributed by atoms with Gasteiger partial charge in [-0.1, -0.05) is 30.0 Å². The Morgan fingerprint density at radius 2 is 1.68 bits per heavy atom. The molecule has 0 saturated carbocycles. The SMILES string of the molecule is COc1ccc(NC(=O)C[C@H]2SC(N3N=C(c4ccc(OC)cc4)C[C@@H]3c3ccccc3F)=NC2=O)cc1. The Morgan fingerprint density at radius 1 is 1.03 bits per heavy atom. The van der Waals surface area contributed by atoms with Crippen LogP contribution in [0.3, 0.4) is 0 Å². The van der Waals surface area contributed by atoms with Crippen LogP contribution in [0, 0.1) is 5.82 Å². The summed E-state index contributed by atoms with van der Waals surface area (Å²) in [5.74, 6) is 0.292. The Morgan fingerprint density at radius 3 is 2.34 bits per heavy atom. The first-order chi connectivity index (χ1) is 18.4. The number of methoxy groups -OCH3 is 2. The molecule has 2 atom stereocenters. The molecular formula is C28H25FN4O4S. The van der Waals surface area contributed by atoms with Crippen LogP contribution in [0.1, 0.15) is 30.0 Å². The summed E-state index contributed by atoms with van der Waals surface area (Å²) in [5, 5.41) is 8.78. The number of halogens is 1. The molecule has 2 amide bonds. The molecule has 1 N–H and O–H groups in total. The van der Waals surface area contributed by atoms with E-state index in [0.717, 1.165) is 23.0 Å². The third-order valence-corrected chi connectivity index (χ3v) is 7.41. The molecule has 3 aromatic carbocycles. The Kier molecular flexibility index (Phi) is 7.41. The summed E-state index contributed by atoms with van der Waals surface area (Å²) in [6.07, 6.45) is 0.361. The number of hydrazone groups is 1. The maximum absolute atomic E-state index is 14.8. The lowest BCUT2D eigenvalue weighted by molar-refractivity contribution is -0.121. The number of benzene rings is 3. The summed E-state index contributed by atoms with van der Waals surface area (Å²) in [7, 11) is 3.16. The fourth-order valence-electron chi connectivity index (χ4n) is 4.29. The van der Waals surface area contributed by atoms with Crippen molar-refractivity contribution in [1.82, 2.24) is 5.01 Å². The summed E-state index contributed by atoms with van der Waals surface area (Å²) in [6.45, 7) is 0. The highest BCUT2D eigenvalue weighted by Gasteiger charge is 2.39. The summed E-state index contributed by atoms with van der Waals surface area (Å²) >= 11 is 1.16.